The van der Waals surface area contributed by atoms with Crippen molar-refractivity contribution in [1.29, 1.82) is 0 Å². The summed E-state index contributed by atoms with van der Waals surface area (Å²) in [6.07, 6.45) is 2.36. The molecule has 2 nitrogen and oxygen atoms in total. The molecule has 1 saturated heterocycles. The molecule has 1 unspecified atom stereocenters. The van der Waals surface area contributed by atoms with Gasteiger partial charge in [-0.1, -0.05) is 0 Å². The standard InChI is InChI=1S/C7H15NOS/c1-9-5-7(8)3-2-4-10-6-7/h2-6,8H2,1H3. The highest BCUT2D eigenvalue weighted by Crippen LogP contribution is 2.24. The molecule has 0 aliphatic carbocycles. The normalized spacial score (nSPS) is 34.2. The van der Waals surface area contributed by atoms with Crippen molar-refractivity contribution in [2.24, 2.45) is 5.73 Å². The van der Waals surface area contributed by atoms with Crippen LogP contribution in [0.5, 0.6) is 0 Å². The van der Waals surface area contributed by atoms with Crippen LogP contribution in [0.2, 0.25) is 0 Å². The van der Waals surface area contributed by atoms with Gasteiger partial charge >= 0.3 is 0 Å². The fourth-order valence-electron chi connectivity index (χ4n) is 1.28. The molecular weight excluding hydrogens is 146 g/mol. The van der Waals surface area contributed by atoms with E-state index in [9.17, 15) is 0 Å². The second-order valence-corrected chi connectivity index (χ2v) is 4.06. The lowest BCUT2D eigenvalue weighted by atomic mass is 9.98. The Balaban J connectivity index is 2.32. The molecule has 1 rings (SSSR count). The summed E-state index contributed by atoms with van der Waals surface area (Å²) in [6, 6.07) is 0. The average Bonchev–Trinajstić information content (AvgIpc) is 1.89. The first-order valence-electron chi connectivity index (χ1n) is 3.62. The van der Waals surface area contributed by atoms with E-state index in [-0.39, 0.29) is 5.54 Å². The largest absolute Gasteiger partial charge is 0.383 e. The third kappa shape index (κ3) is 2.15. The van der Waals surface area contributed by atoms with Crippen molar-refractivity contribution in [2.45, 2.75) is 18.4 Å². The van der Waals surface area contributed by atoms with Gasteiger partial charge in [-0.25, -0.2) is 0 Å². The number of ether oxygens (including phenoxy) is 1. The molecule has 0 radical (unpaired) electrons. The molecule has 0 aromatic heterocycles. The van der Waals surface area contributed by atoms with Crippen molar-refractivity contribution in [3.8, 4) is 0 Å². The summed E-state index contributed by atoms with van der Waals surface area (Å²) in [5.74, 6) is 2.32. The molecule has 2 N–H and O–H groups in total. The van der Waals surface area contributed by atoms with E-state index in [1.165, 1.54) is 12.2 Å². The zero-order valence-corrected chi connectivity index (χ0v) is 7.25. The Hall–Kier alpha value is 0.270. The van der Waals surface area contributed by atoms with Gasteiger partial charge in [0.2, 0.25) is 0 Å². The summed E-state index contributed by atoms with van der Waals surface area (Å²) in [5, 5.41) is 0. The zero-order chi connectivity index (χ0) is 7.45. The van der Waals surface area contributed by atoms with Gasteiger partial charge in [0.15, 0.2) is 0 Å². The predicted molar refractivity (Wildman–Crippen MR) is 45.4 cm³/mol. The van der Waals surface area contributed by atoms with Crippen LogP contribution in [-0.4, -0.2) is 30.8 Å². The summed E-state index contributed by atoms with van der Waals surface area (Å²) in [7, 11) is 1.72. The minimum absolute atomic E-state index is 0.0301. The lowest BCUT2D eigenvalue weighted by Gasteiger charge is -2.31. The quantitative estimate of drug-likeness (QED) is 0.652. The maximum absolute atomic E-state index is 6.02. The molecular formula is C7H15NOS. The Kier molecular flexibility index (Phi) is 3.01. The lowest BCUT2D eigenvalue weighted by molar-refractivity contribution is 0.136. The molecule has 0 aromatic rings. The number of rotatable bonds is 2. The van der Waals surface area contributed by atoms with E-state index in [0.29, 0.717) is 6.61 Å². The van der Waals surface area contributed by atoms with Crippen LogP contribution < -0.4 is 5.73 Å². The molecule has 1 aliphatic heterocycles. The van der Waals surface area contributed by atoms with E-state index in [1.807, 2.05) is 11.8 Å². The van der Waals surface area contributed by atoms with E-state index in [1.54, 1.807) is 7.11 Å². The Morgan fingerprint density at radius 3 is 3.00 bits per heavy atom. The van der Waals surface area contributed by atoms with Gasteiger partial charge in [-0.2, -0.15) is 11.8 Å². The second kappa shape index (κ2) is 3.60. The van der Waals surface area contributed by atoms with Crippen LogP contribution >= 0.6 is 11.8 Å². The summed E-state index contributed by atoms with van der Waals surface area (Å²) in [5.41, 5.74) is 5.99. The van der Waals surface area contributed by atoms with E-state index in [4.69, 9.17) is 10.5 Å². The van der Waals surface area contributed by atoms with Crippen LogP contribution in [0.15, 0.2) is 0 Å². The van der Waals surface area contributed by atoms with Crippen LogP contribution in [-0.2, 0) is 4.74 Å². The number of nitrogens with two attached hydrogens (primary N) is 1. The van der Waals surface area contributed by atoms with Crippen LogP contribution in [0.4, 0.5) is 0 Å². The van der Waals surface area contributed by atoms with E-state index in [0.717, 1.165) is 12.2 Å². The van der Waals surface area contributed by atoms with Crippen molar-refractivity contribution in [3.05, 3.63) is 0 Å². The highest BCUT2D eigenvalue weighted by atomic mass is 32.2. The fraction of sp³-hybridized carbons (Fsp3) is 1.00. The Morgan fingerprint density at radius 1 is 1.70 bits per heavy atom. The smallest absolute Gasteiger partial charge is 0.0650 e. The van der Waals surface area contributed by atoms with Crippen LogP contribution in [0.1, 0.15) is 12.8 Å². The topological polar surface area (TPSA) is 35.2 Å². The number of hydrogen-bond donors (Lipinski definition) is 1. The third-order valence-corrected chi connectivity index (χ3v) is 3.14. The van der Waals surface area contributed by atoms with Gasteiger partial charge in [0, 0.05) is 18.4 Å². The summed E-state index contributed by atoms with van der Waals surface area (Å²) < 4.78 is 5.05. The minimum Gasteiger partial charge on any atom is -0.383 e. The van der Waals surface area contributed by atoms with Gasteiger partial charge in [0.25, 0.3) is 0 Å². The lowest BCUT2D eigenvalue weighted by Crippen LogP contribution is -2.48. The van der Waals surface area contributed by atoms with E-state index >= 15 is 0 Å². The SMILES string of the molecule is COCC1(N)CCCSC1. The van der Waals surface area contributed by atoms with Crippen LogP contribution in [0.3, 0.4) is 0 Å². The molecule has 10 heavy (non-hydrogen) atoms. The van der Waals surface area contributed by atoms with Gasteiger partial charge in [-0.3, -0.25) is 0 Å². The summed E-state index contributed by atoms with van der Waals surface area (Å²) >= 11 is 1.94. The molecule has 0 bridgehead atoms. The summed E-state index contributed by atoms with van der Waals surface area (Å²) in [4.78, 5) is 0. The van der Waals surface area contributed by atoms with Crippen LogP contribution in [0.25, 0.3) is 0 Å². The van der Waals surface area contributed by atoms with Gasteiger partial charge < -0.3 is 10.5 Å². The first-order chi connectivity index (χ1) is 4.77. The number of thioether (sulfide) groups is 1. The minimum atomic E-state index is -0.0301. The Labute approximate surface area is 66.5 Å². The molecule has 0 spiro atoms. The van der Waals surface area contributed by atoms with Gasteiger partial charge in [0.05, 0.1) is 6.61 Å². The molecule has 60 valence electrons. The van der Waals surface area contributed by atoms with Crippen molar-refractivity contribution in [3.63, 3.8) is 0 Å². The monoisotopic (exact) mass is 161 g/mol. The highest BCUT2D eigenvalue weighted by molar-refractivity contribution is 7.99. The zero-order valence-electron chi connectivity index (χ0n) is 6.43. The van der Waals surface area contributed by atoms with Crippen molar-refractivity contribution in [1.82, 2.24) is 0 Å². The van der Waals surface area contributed by atoms with Crippen LogP contribution in [0, 0.1) is 0 Å². The summed E-state index contributed by atoms with van der Waals surface area (Å²) in [6.45, 7) is 0.708. The molecule has 1 aliphatic rings. The Morgan fingerprint density at radius 2 is 2.50 bits per heavy atom. The Bertz CT molecular complexity index is 96.3. The first kappa shape index (κ1) is 8.37. The van der Waals surface area contributed by atoms with Crippen molar-refractivity contribution in [2.75, 3.05) is 25.2 Å². The third-order valence-electron chi connectivity index (χ3n) is 1.78. The molecule has 3 heteroatoms. The van der Waals surface area contributed by atoms with Crippen molar-refractivity contribution >= 4 is 11.8 Å². The second-order valence-electron chi connectivity index (χ2n) is 2.95. The molecule has 0 amide bonds. The van der Waals surface area contributed by atoms with Crippen molar-refractivity contribution < 1.29 is 4.74 Å². The van der Waals surface area contributed by atoms with E-state index in [2.05, 4.69) is 0 Å². The predicted octanol–water partition coefficient (Wildman–Crippen LogP) is 0.857. The first-order valence-corrected chi connectivity index (χ1v) is 4.78. The maximum Gasteiger partial charge on any atom is 0.0650 e. The molecule has 1 atom stereocenters. The highest BCUT2D eigenvalue weighted by Gasteiger charge is 2.27. The van der Waals surface area contributed by atoms with Gasteiger partial charge in [-0.05, 0) is 18.6 Å². The van der Waals surface area contributed by atoms with Gasteiger partial charge in [-0.15, -0.1) is 0 Å². The molecule has 1 heterocycles. The number of methoxy groups -OCH3 is 1. The molecule has 0 saturated carbocycles. The number of hydrogen-bond acceptors (Lipinski definition) is 3. The maximum atomic E-state index is 6.02. The molecule has 0 aromatic carbocycles. The molecule has 1 fully saturated rings. The fourth-order valence-corrected chi connectivity index (χ4v) is 2.40. The van der Waals surface area contributed by atoms with E-state index < -0.39 is 0 Å². The van der Waals surface area contributed by atoms with Gasteiger partial charge in [0.1, 0.15) is 0 Å². The average molecular weight is 161 g/mol.